The molecule has 3 rings (SSSR count). The molecular formula is C17H19ClN4O. The van der Waals surface area contributed by atoms with Crippen LogP contribution in [-0.4, -0.2) is 35.9 Å². The van der Waals surface area contributed by atoms with Crippen LogP contribution in [0.4, 0.5) is 0 Å². The molecule has 1 aliphatic heterocycles. The maximum Gasteiger partial charge on any atom is 0.129 e. The Balaban J connectivity index is 1.97. The summed E-state index contributed by atoms with van der Waals surface area (Å²) in [6, 6.07) is 5.51. The number of allylic oxidation sites excluding steroid dienone is 1. The second-order valence-electron chi connectivity index (χ2n) is 5.54. The lowest BCUT2D eigenvalue weighted by Crippen LogP contribution is -2.24. The number of rotatable bonds is 4. The van der Waals surface area contributed by atoms with Gasteiger partial charge >= 0.3 is 0 Å². The molecule has 1 aliphatic rings. The molecule has 0 amide bonds. The van der Waals surface area contributed by atoms with Gasteiger partial charge in [-0.3, -0.25) is 4.98 Å². The summed E-state index contributed by atoms with van der Waals surface area (Å²) < 4.78 is 5.40. The molecule has 5 nitrogen and oxygen atoms in total. The summed E-state index contributed by atoms with van der Waals surface area (Å²) in [4.78, 5) is 8.76. The van der Waals surface area contributed by atoms with Crippen LogP contribution >= 0.6 is 11.6 Å². The van der Waals surface area contributed by atoms with E-state index >= 15 is 0 Å². The molecule has 2 aromatic rings. The van der Waals surface area contributed by atoms with Crippen molar-refractivity contribution in [3.8, 4) is 0 Å². The molecular weight excluding hydrogens is 312 g/mol. The van der Waals surface area contributed by atoms with E-state index in [0.29, 0.717) is 24.1 Å². The van der Waals surface area contributed by atoms with Gasteiger partial charge < -0.3 is 15.5 Å². The SMILES string of the molecule is CN/C=C(\C(=N)C1CCOCC1)c1cnc2ccc(Cl)nc2c1. The topological polar surface area (TPSA) is 70.9 Å². The van der Waals surface area contributed by atoms with Crippen LogP contribution in [0.5, 0.6) is 0 Å². The van der Waals surface area contributed by atoms with Gasteiger partial charge in [-0.2, -0.15) is 0 Å². The Hall–Kier alpha value is -1.98. The Kier molecular flexibility index (Phi) is 4.88. The molecule has 120 valence electrons. The Morgan fingerprint density at radius 1 is 1.35 bits per heavy atom. The molecule has 1 fully saturated rings. The highest BCUT2D eigenvalue weighted by atomic mass is 35.5. The highest BCUT2D eigenvalue weighted by molar-refractivity contribution is 6.29. The lowest BCUT2D eigenvalue weighted by molar-refractivity contribution is 0.0829. The van der Waals surface area contributed by atoms with Crippen molar-refractivity contribution in [2.75, 3.05) is 20.3 Å². The van der Waals surface area contributed by atoms with E-state index in [0.717, 1.165) is 35.0 Å². The fraction of sp³-hybridized carbons (Fsp3) is 0.353. The summed E-state index contributed by atoms with van der Waals surface area (Å²) in [6.07, 6.45) is 5.40. The third-order valence-corrected chi connectivity index (χ3v) is 4.23. The minimum absolute atomic E-state index is 0.214. The van der Waals surface area contributed by atoms with E-state index in [1.54, 1.807) is 12.3 Å². The number of nitrogens with zero attached hydrogens (tertiary/aromatic N) is 2. The van der Waals surface area contributed by atoms with Crippen molar-refractivity contribution in [2.24, 2.45) is 5.92 Å². The first-order chi connectivity index (χ1) is 11.2. The van der Waals surface area contributed by atoms with Crippen molar-refractivity contribution in [2.45, 2.75) is 12.8 Å². The molecule has 0 spiro atoms. The Morgan fingerprint density at radius 2 is 2.13 bits per heavy atom. The zero-order chi connectivity index (χ0) is 16.2. The van der Waals surface area contributed by atoms with Crippen LogP contribution in [0.2, 0.25) is 5.15 Å². The highest BCUT2D eigenvalue weighted by Gasteiger charge is 2.22. The molecule has 0 unspecified atom stereocenters. The quantitative estimate of drug-likeness (QED) is 0.666. The van der Waals surface area contributed by atoms with Crippen molar-refractivity contribution in [1.82, 2.24) is 15.3 Å². The highest BCUT2D eigenvalue weighted by Crippen LogP contribution is 2.26. The summed E-state index contributed by atoms with van der Waals surface area (Å²) >= 11 is 5.97. The van der Waals surface area contributed by atoms with Crippen molar-refractivity contribution in [3.63, 3.8) is 0 Å². The number of halogens is 1. The number of nitrogens with one attached hydrogen (secondary N) is 2. The third-order valence-electron chi connectivity index (χ3n) is 4.02. The number of fused-ring (bicyclic) bond motifs is 1. The summed E-state index contributed by atoms with van der Waals surface area (Å²) in [7, 11) is 1.83. The average Bonchev–Trinajstić information content (AvgIpc) is 2.59. The van der Waals surface area contributed by atoms with E-state index in [-0.39, 0.29) is 5.92 Å². The number of pyridine rings is 2. The number of ether oxygens (including phenoxy) is 1. The third kappa shape index (κ3) is 3.51. The summed E-state index contributed by atoms with van der Waals surface area (Å²) in [6.45, 7) is 1.43. The van der Waals surface area contributed by atoms with E-state index < -0.39 is 0 Å². The normalized spacial score (nSPS) is 16.5. The average molecular weight is 331 g/mol. The maximum absolute atomic E-state index is 8.59. The predicted molar refractivity (Wildman–Crippen MR) is 92.9 cm³/mol. The van der Waals surface area contributed by atoms with E-state index in [2.05, 4.69) is 15.3 Å². The van der Waals surface area contributed by atoms with Crippen molar-refractivity contribution in [1.29, 1.82) is 5.41 Å². The van der Waals surface area contributed by atoms with E-state index in [1.165, 1.54) is 0 Å². The molecule has 3 heterocycles. The second kappa shape index (κ2) is 7.06. The zero-order valence-electron chi connectivity index (χ0n) is 13.0. The van der Waals surface area contributed by atoms with E-state index in [1.807, 2.05) is 25.4 Å². The van der Waals surface area contributed by atoms with Crippen molar-refractivity contribution < 1.29 is 4.74 Å². The zero-order valence-corrected chi connectivity index (χ0v) is 13.7. The largest absolute Gasteiger partial charge is 0.393 e. The van der Waals surface area contributed by atoms with Crippen LogP contribution in [0.3, 0.4) is 0 Å². The van der Waals surface area contributed by atoms with Crippen molar-refractivity contribution in [3.05, 3.63) is 41.3 Å². The van der Waals surface area contributed by atoms with Gasteiger partial charge in [-0.1, -0.05) is 11.6 Å². The molecule has 0 radical (unpaired) electrons. The van der Waals surface area contributed by atoms with Crippen molar-refractivity contribution >= 4 is 33.9 Å². The molecule has 0 bridgehead atoms. The van der Waals surface area contributed by atoms with Gasteiger partial charge in [-0.15, -0.1) is 0 Å². The Morgan fingerprint density at radius 3 is 2.87 bits per heavy atom. The lowest BCUT2D eigenvalue weighted by atomic mass is 9.88. The van der Waals surface area contributed by atoms with Gasteiger partial charge in [0.05, 0.1) is 11.0 Å². The van der Waals surface area contributed by atoms with Crippen LogP contribution in [-0.2, 0) is 4.74 Å². The number of hydrogen-bond acceptors (Lipinski definition) is 5. The van der Waals surface area contributed by atoms with Crippen LogP contribution in [0, 0.1) is 11.3 Å². The lowest BCUT2D eigenvalue weighted by Gasteiger charge is -2.24. The number of aromatic nitrogens is 2. The van der Waals surface area contributed by atoms with Gasteiger partial charge in [0.1, 0.15) is 5.15 Å². The van der Waals surface area contributed by atoms with Gasteiger partial charge in [0.25, 0.3) is 0 Å². The minimum atomic E-state index is 0.214. The molecule has 1 saturated heterocycles. The smallest absolute Gasteiger partial charge is 0.129 e. The van der Waals surface area contributed by atoms with Gasteiger partial charge in [0, 0.05) is 55.4 Å². The molecule has 0 aliphatic carbocycles. The van der Waals surface area contributed by atoms with Gasteiger partial charge in [0.2, 0.25) is 0 Å². The molecule has 2 aromatic heterocycles. The van der Waals surface area contributed by atoms with E-state index in [9.17, 15) is 0 Å². The summed E-state index contributed by atoms with van der Waals surface area (Å²) in [5.74, 6) is 0.214. The van der Waals surface area contributed by atoms with Gasteiger partial charge in [0.15, 0.2) is 0 Å². The first kappa shape index (κ1) is 15.9. The van der Waals surface area contributed by atoms with Crippen LogP contribution in [0.25, 0.3) is 16.6 Å². The van der Waals surface area contributed by atoms with Crippen LogP contribution < -0.4 is 5.32 Å². The van der Waals surface area contributed by atoms with E-state index in [4.69, 9.17) is 21.7 Å². The Bertz CT molecular complexity index is 753. The minimum Gasteiger partial charge on any atom is -0.393 e. The second-order valence-corrected chi connectivity index (χ2v) is 5.93. The molecule has 0 atom stereocenters. The van der Waals surface area contributed by atoms with Crippen LogP contribution in [0.1, 0.15) is 18.4 Å². The van der Waals surface area contributed by atoms with Crippen LogP contribution in [0.15, 0.2) is 30.6 Å². The van der Waals surface area contributed by atoms with Gasteiger partial charge in [-0.25, -0.2) is 4.98 Å². The first-order valence-corrected chi connectivity index (χ1v) is 8.03. The summed E-state index contributed by atoms with van der Waals surface area (Å²) in [5.41, 5.74) is 3.86. The molecule has 2 N–H and O–H groups in total. The Labute approximate surface area is 140 Å². The first-order valence-electron chi connectivity index (χ1n) is 7.65. The number of hydrogen-bond donors (Lipinski definition) is 2. The standard InChI is InChI=1S/C17H19ClN4O/c1-20-10-13(17(19)11-4-6-23-7-5-11)12-8-15-14(21-9-12)2-3-16(18)22-15/h2-3,8-11,19-20H,4-7H2,1H3/b13-10-,19-17?. The molecule has 6 heteroatoms. The summed E-state index contributed by atoms with van der Waals surface area (Å²) in [5, 5.41) is 12.1. The molecule has 0 aromatic carbocycles. The predicted octanol–water partition coefficient (Wildman–Crippen LogP) is 3.29. The maximum atomic E-state index is 8.59. The molecule has 23 heavy (non-hydrogen) atoms. The molecule has 0 saturated carbocycles. The fourth-order valence-electron chi connectivity index (χ4n) is 2.80. The van der Waals surface area contributed by atoms with Gasteiger partial charge in [-0.05, 0) is 31.0 Å². The fourth-order valence-corrected chi connectivity index (χ4v) is 2.95. The monoisotopic (exact) mass is 330 g/mol.